The van der Waals surface area contributed by atoms with Crippen molar-refractivity contribution in [1.29, 1.82) is 0 Å². The van der Waals surface area contributed by atoms with Crippen molar-refractivity contribution < 1.29 is 9.59 Å². The first-order chi connectivity index (χ1) is 6.83. The average molecular weight is 228 g/mol. The van der Waals surface area contributed by atoms with E-state index in [4.69, 9.17) is 0 Å². The molecule has 0 aliphatic heterocycles. The molecule has 1 rings (SSSR count). The summed E-state index contributed by atoms with van der Waals surface area (Å²) in [5, 5.41) is 0.103. The van der Waals surface area contributed by atoms with Gasteiger partial charge in [-0.3, -0.25) is 9.59 Å². The molecule has 0 aromatic heterocycles. The third-order valence-electron chi connectivity index (χ3n) is 3.13. The predicted octanol–water partition coefficient (Wildman–Crippen LogP) is 3.05. The summed E-state index contributed by atoms with van der Waals surface area (Å²) in [7, 11) is 0. The number of hydrogen-bond donors (Lipinski definition) is 0. The van der Waals surface area contributed by atoms with Gasteiger partial charge < -0.3 is 0 Å². The van der Waals surface area contributed by atoms with Crippen LogP contribution < -0.4 is 0 Å². The summed E-state index contributed by atoms with van der Waals surface area (Å²) >= 11 is 1.31. The summed E-state index contributed by atoms with van der Waals surface area (Å²) in [6, 6.07) is 0. The maximum Gasteiger partial charge on any atom is 0.186 e. The van der Waals surface area contributed by atoms with Gasteiger partial charge in [0.1, 0.15) is 5.78 Å². The Morgan fingerprint density at radius 2 is 2.00 bits per heavy atom. The highest BCUT2D eigenvalue weighted by molar-refractivity contribution is 8.14. The molecule has 3 heteroatoms. The van der Waals surface area contributed by atoms with E-state index in [-0.39, 0.29) is 15.8 Å². The van der Waals surface area contributed by atoms with Crippen LogP contribution in [0.5, 0.6) is 0 Å². The van der Waals surface area contributed by atoms with Gasteiger partial charge in [-0.15, -0.1) is 0 Å². The molecule has 1 aliphatic rings. The summed E-state index contributed by atoms with van der Waals surface area (Å²) in [5.74, 6) is 0.918. The van der Waals surface area contributed by atoms with Crippen LogP contribution in [-0.2, 0) is 9.59 Å². The maximum absolute atomic E-state index is 11.9. The molecule has 0 saturated heterocycles. The monoisotopic (exact) mass is 228 g/mol. The van der Waals surface area contributed by atoms with Crippen LogP contribution in [0.4, 0.5) is 0 Å². The Labute approximate surface area is 96.2 Å². The van der Waals surface area contributed by atoms with E-state index in [1.807, 2.05) is 13.8 Å². The maximum atomic E-state index is 11.9. The minimum absolute atomic E-state index is 0.0580. The summed E-state index contributed by atoms with van der Waals surface area (Å²) in [6.45, 7) is 7.72. The molecule has 0 N–H and O–H groups in total. The van der Waals surface area contributed by atoms with Crippen molar-refractivity contribution in [2.24, 2.45) is 11.8 Å². The van der Waals surface area contributed by atoms with Gasteiger partial charge in [0.15, 0.2) is 5.12 Å². The molecule has 1 saturated carbocycles. The van der Waals surface area contributed by atoms with Gasteiger partial charge in [0.2, 0.25) is 0 Å². The van der Waals surface area contributed by atoms with Crippen molar-refractivity contribution in [3.05, 3.63) is 0 Å². The molecule has 0 spiro atoms. The normalized spacial score (nSPS) is 27.9. The molecule has 0 unspecified atom stereocenters. The number of hydrogen-bond acceptors (Lipinski definition) is 3. The quantitative estimate of drug-likeness (QED) is 0.728. The van der Waals surface area contributed by atoms with Crippen LogP contribution in [0.25, 0.3) is 0 Å². The Kier molecular flexibility index (Phi) is 3.99. The zero-order chi connectivity index (χ0) is 11.6. The van der Waals surface area contributed by atoms with E-state index in [2.05, 4.69) is 6.92 Å². The van der Waals surface area contributed by atoms with Crippen LogP contribution in [-0.4, -0.2) is 15.6 Å². The number of Topliss-reactive ketones (excluding diaryl/α,β-unsaturated/α-hetero) is 1. The Bertz CT molecular complexity index is 271. The van der Waals surface area contributed by atoms with E-state index in [1.54, 1.807) is 6.92 Å². The van der Waals surface area contributed by atoms with Crippen molar-refractivity contribution in [2.75, 3.05) is 0 Å². The van der Waals surface area contributed by atoms with Gasteiger partial charge in [0.25, 0.3) is 0 Å². The topological polar surface area (TPSA) is 34.1 Å². The standard InChI is InChI=1S/C12H20O2S/c1-8-5-6-10(11(14)7-8)12(3,4)15-9(2)13/h8,10H,5-7H2,1-4H3/t8-,10-/m1/s1. The van der Waals surface area contributed by atoms with Crippen LogP contribution >= 0.6 is 11.8 Å². The van der Waals surface area contributed by atoms with Crippen molar-refractivity contribution in [1.82, 2.24) is 0 Å². The van der Waals surface area contributed by atoms with Crippen LogP contribution in [0, 0.1) is 11.8 Å². The second-order valence-electron chi connectivity index (χ2n) is 5.10. The fraction of sp³-hybridized carbons (Fsp3) is 0.833. The smallest absolute Gasteiger partial charge is 0.186 e. The molecule has 1 aliphatic carbocycles. The lowest BCUT2D eigenvalue weighted by atomic mass is 9.76. The number of ketones is 1. The molecule has 15 heavy (non-hydrogen) atoms. The first-order valence-corrected chi connectivity index (χ1v) is 6.37. The number of carbonyl (C=O) groups excluding carboxylic acids is 2. The zero-order valence-corrected chi connectivity index (χ0v) is 10.8. The lowest BCUT2D eigenvalue weighted by Crippen LogP contribution is -2.38. The van der Waals surface area contributed by atoms with Crippen LogP contribution in [0.1, 0.15) is 47.0 Å². The van der Waals surface area contributed by atoms with Crippen molar-refractivity contribution in [3.63, 3.8) is 0 Å². The largest absolute Gasteiger partial charge is 0.299 e. The Morgan fingerprint density at radius 1 is 1.40 bits per heavy atom. The third-order valence-corrected chi connectivity index (χ3v) is 4.23. The second kappa shape index (κ2) is 4.69. The molecule has 2 atom stereocenters. The molecule has 0 radical (unpaired) electrons. The highest BCUT2D eigenvalue weighted by Crippen LogP contribution is 2.40. The summed E-state index contributed by atoms with van der Waals surface area (Å²) in [5.41, 5.74) is 0. The van der Waals surface area contributed by atoms with E-state index in [0.29, 0.717) is 18.1 Å². The van der Waals surface area contributed by atoms with Gasteiger partial charge in [0, 0.05) is 24.0 Å². The zero-order valence-electron chi connectivity index (χ0n) is 10.0. The number of carbonyl (C=O) groups is 2. The van der Waals surface area contributed by atoms with Crippen molar-refractivity contribution >= 4 is 22.7 Å². The third kappa shape index (κ3) is 3.33. The fourth-order valence-electron chi connectivity index (χ4n) is 2.38. The van der Waals surface area contributed by atoms with Crippen LogP contribution in [0.15, 0.2) is 0 Å². The van der Waals surface area contributed by atoms with E-state index < -0.39 is 0 Å². The summed E-state index contributed by atoms with van der Waals surface area (Å²) in [6.07, 6.45) is 2.73. The minimum atomic E-state index is -0.233. The fourth-order valence-corrected chi connectivity index (χ4v) is 3.51. The van der Waals surface area contributed by atoms with Crippen LogP contribution in [0.3, 0.4) is 0 Å². The Balaban J connectivity index is 2.70. The highest BCUT2D eigenvalue weighted by Gasteiger charge is 2.39. The van der Waals surface area contributed by atoms with Gasteiger partial charge in [0.05, 0.1) is 0 Å². The van der Waals surface area contributed by atoms with Gasteiger partial charge in [-0.2, -0.15) is 0 Å². The van der Waals surface area contributed by atoms with E-state index in [1.165, 1.54) is 11.8 Å². The van der Waals surface area contributed by atoms with E-state index >= 15 is 0 Å². The Morgan fingerprint density at radius 3 is 2.47 bits per heavy atom. The molecule has 86 valence electrons. The molecular formula is C12H20O2S. The minimum Gasteiger partial charge on any atom is -0.299 e. The second-order valence-corrected chi connectivity index (χ2v) is 6.93. The molecule has 1 fully saturated rings. The van der Waals surface area contributed by atoms with Crippen molar-refractivity contribution in [2.45, 2.75) is 51.7 Å². The number of rotatable bonds is 2. The first kappa shape index (κ1) is 12.8. The first-order valence-electron chi connectivity index (χ1n) is 5.55. The van der Waals surface area contributed by atoms with E-state index in [9.17, 15) is 9.59 Å². The molecule has 0 aromatic rings. The molecular weight excluding hydrogens is 208 g/mol. The van der Waals surface area contributed by atoms with Crippen LogP contribution in [0.2, 0.25) is 0 Å². The average Bonchev–Trinajstić information content (AvgIpc) is 1.99. The van der Waals surface area contributed by atoms with E-state index in [0.717, 1.165) is 12.8 Å². The molecule has 0 heterocycles. The molecule has 0 amide bonds. The SMILES string of the molecule is CC(=O)SC(C)(C)[C@@H]1CC[C@@H](C)CC1=O. The predicted molar refractivity (Wildman–Crippen MR) is 63.9 cm³/mol. The number of thioether (sulfide) groups is 1. The lowest BCUT2D eigenvalue weighted by molar-refractivity contribution is -0.126. The van der Waals surface area contributed by atoms with Crippen molar-refractivity contribution in [3.8, 4) is 0 Å². The lowest BCUT2D eigenvalue weighted by Gasteiger charge is -2.36. The van der Waals surface area contributed by atoms with Gasteiger partial charge in [-0.25, -0.2) is 0 Å². The summed E-state index contributed by atoms with van der Waals surface area (Å²) in [4.78, 5) is 23.0. The molecule has 0 bridgehead atoms. The molecule has 0 aromatic carbocycles. The Hall–Kier alpha value is -0.310. The van der Waals surface area contributed by atoms with Gasteiger partial charge in [-0.05, 0) is 32.6 Å². The van der Waals surface area contributed by atoms with Gasteiger partial charge in [-0.1, -0.05) is 18.7 Å². The highest BCUT2D eigenvalue weighted by atomic mass is 32.2. The summed E-state index contributed by atoms with van der Waals surface area (Å²) < 4.78 is -0.233. The van der Waals surface area contributed by atoms with Gasteiger partial charge >= 0.3 is 0 Å². The molecule has 2 nitrogen and oxygen atoms in total.